The summed E-state index contributed by atoms with van der Waals surface area (Å²) in [6, 6.07) is 5.72. The maximum absolute atomic E-state index is 8.67. The Morgan fingerprint density at radius 2 is 1.50 bits per heavy atom. The second kappa shape index (κ2) is 6.34. The van der Waals surface area contributed by atoms with Crippen molar-refractivity contribution in [3.05, 3.63) is 30.6 Å². The number of aromatic nitrogens is 1. The molecule has 0 aromatic carbocycles. The molecule has 4 nitrogen and oxygen atoms in total. The first-order valence-corrected chi connectivity index (χ1v) is 3.45. The van der Waals surface area contributed by atoms with Gasteiger partial charge in [-0.1, -0.05) is 6.07 Å². The fraction of sp³-hybridized carbons (Fsp3) is 0. The second-order valence-corrected chi connectivity index (χ2v) is 1.72. The Hall–Kier alpha value is -0.780. The van der Waals surface area contributed by atoms with E-state index in [1.807, 2.05) is 18.2 Å². The molecule has 1 aromatic rings. The van der Waals surface area contributed by atoms with Gasteiger partial charge in [-0.2, -0.15) is 4.21 Å². The van der Waals surface area contributed by atoms with E-state index in [4.69, 9.17) is 13.3 Å². The summed E-state index contributed by atoms with van der Waals surface area (Å²) < 4.78 is 22.8. The standard InChI is InChI=1S/C5H5N.H2O3S/c1-2-4-6-5-3-1;1-4(2)3/h1-5H;(H2,1,2,3). The van der Waals surface area contributed by atoms with Crippen LogP contribution in [0.2, 0.25) is 0 Å². The molecule has 0 aliphatic heterocycles. The molecule has 0 saturated heterocycles. The van der Waals surface area contributed by atoms with E-state index in [9.17, 15) is 0 Å². The lowest BCUT2D eigenvalue weighted by Crippen LogP contribution is -1.74. The fourth-order valence-corrected chi connectivity index (χ4v) is 0.313. The maximum Gasteiger partial charge on any atom is 0.299 e. The Bertz CT molecular complexity index is 149. The summed E-state index contributed by atoms with van der Waals surface area (Å²) >= 11 is -2.61. The molecule has 0 aliphatic carbocycles. The van der Waals surface area contributed by atoms with E-state index >= 15 is 0 Å². The molecule has 0 radical (unpaired) electrons. The maximum atomic E-state index is 8.67. The Morgan fingerprint density at radius 1 is 1.10 bits per heavy atom. The van der Waals surface area contributed by atoms with Crippen molar-refractivity contribution in [2.75, 3.05) is 0 Å². The van der Waals surface area contributed by atoms with Gasteiger partial charge in [-0.25, -0.2) is 0 Å². The zero-order chi connectivity index (χ0) is 7.82. The molecule has 0 fully saturated rings. The number of nitrogens with zero attached hydrogens (tertiary/aromatic N) is 1. The lowest BCUT2D eigenvalue weighted by molar-refractivity contribution is 0.454. The second-order valence-electron chi connectivity index (χ2n) is 1.26. The van der Waals surface area contributed by atoms with Crippen molar-refractivity contribution in [1.29, 1.82) is 0 Å². The van der Waals surface area contributed by atoms with Crippen LogP contribution in [0.15, 0.2) is 30.6 Å². The van der Waals surface area contributed by atoms with Crippen LogP contribution < -0.4 is 0 Å². The highest BCUT2D eigenvalue weighted by molar-refractivity contribution is 7.73. The first-order valence-electron chi connectivity index (χ1n) is 2.38. The van der Waals surface area contributed by atoms with Crippen molar-refractivity contribution < 1.29 is 13.3 Å². The molecule has 56 valence electrons. The molecule has 0 aliphatic rings. The summed E-state index contributed by atoms with van der Waals surface area (Å²) in [5.74, 6) is 0. The van der Waals surface area contributed by atoms with E-state index < -0.39 is 11.4 Å². The van der Waals surface area contributed by atoms with E-state index in [0.29, 0.717) is 0 Å². The van der Waals surface area contributed by atoms with Gasteiger partial charge in [0.15, 0.2) is 0 Å². The molecule has 1 heterocycles. The van der Waals surface area contributed by atoms with E-state index in [1.54, 1.807) is 12.4 Å². The van der Waals surface area contributed by atoms with Crippen LogP contribution in [0, 0.1) is 0 Å². The van der Waals surface area contributed by atoms with Crippen LogP contribution in [0.5, 0.6) is 0 Å². The fourth-order valence-electron chi connectivity index (χ4n) is 0.313. The van der Waals surface area contributed by atoms with Crippen LogP contribution >= 0.6 is 0 Å². The number of hydrogen-bond acceptors (Lipinski definition) is 2. The van der Waals surface area contributed by atoms with Crippen molar-refractivity contribution in [1.82, 2.24) is 4.98 Å². The van der Waals surface area contributed by atoms with Crippen molar-refractivity contribution in [2.45, 2.75) is 0 Å². The SMILES string of the molecule is O=S(O)O.c1ccncc1. The molecular formula is C5H7NO3S. The largest absolute Gasteiger partial charge is 0.299 e. The monoisotopic (exact) mass is 161 g/mol. The van der Waals surface area contributed by atoms with Crippen molar-refractivity contribution in [3.8, 4) is 0 Å². The first kappa shape index (κ1) is 9.22. The van der Waals surface area contributed by atoms with Crippen LogP contribution in [0.25, 0.3) is 0 Å². The molecule has 0 spiro atoms. The number of pyridine rings is 1. The minimum absolute atomic E-state index is 1.75. The molecule has 5 heteroatoms. The van der Waals surface area contributed by atoms with Crippen LogP contribution in [0.3, 0.4) is 0 Å². The number of rotatable bonds is 0. The summed E-state index contributed by atoms with van der Waals surface area (Å²) in [5.41, 5.74) is 0. The minimum atomic E-state index is -2.61. The highest BCUT2D eigenvalue weighted by Gasteiger charge is 1.62. The summed E-state index contributed by atoms with van der Waals surface area (Å²) in [4.78, 5) is 3.78. The molecule has 0 amide bonds. The Balaban J connectivity index is 0.000000180. The summed E-state index contributed by atoms with van der Waals surface area (Å²) in [5, 5.41) is 0. The average molecular weight is 161 g/mol. The molecule has 0 atom stereocenters. The van der Waals surface area contributed by atoms with Gasteiger partial charge in [0.1, 0.15) is 0 Å². The predicted octanol–water partition coefficient (Wildman–Crippen LogP) is 0.763. The minimum Gasteiger partial charge on any atom is -0.284 e. The van der Waals surface area contributed by atoms with Crippen molar-refractivity contribution in [2.24, 2.45) is 0 Å². The van der Waals surface area contributed by atoms with Gasteiger partial charge >= 0.3 is 0 Å². The molecule has 1 rings (SSSR count). The highest BCUT2D eigenvalue weighted by atomic mass is 32.2. The van der Waals surface area contributed by atoms with Gasteiger partial charge in [0.2, 0.25) is 0 Å². The average Bonchev–Trinajstić information content (AvgIpc) is 1.90. The summed E-state index contributed by atoms with van der Waals surface area (Å²) in [6.45, 7) is 0. The third-order valence-electron chi connectivity index (χ3n) is 0.566. The lowest BCUT2D eigenvalue weighted by atomic mass is 10.5. The highest BCUT2D eigenvalue weighted by Crippen LogP contribution is 1.73. The molecular weight excluding hydrogens is 154 g/mol. The summed E-state index contributed by atoms with van der Waals surface area (Å²) in [7, 11) is 0. The molecule has 10 heavy (non-hydrogen) atoms. The van der Waals surface area contributed by atoms with E-state index in [1.165, 1.54) is 0 Å². The summed E-state index contributed by atoms with van der Waals surface area (Å²) in [6.07, 6.45) is 3.50. The van der Waals surface area contributed by atoms with Gasteiger partial charge in [0.05, 0.1) is 0 Å². The van der Waals surface area contributed by atoms with Crippen molar-refractivity contribution >= 4 is 11.4 Å². The van der Waals surface area contributed by atoms with E-state index in [2.05, 4.69) is 4.98 Å². The van der Waals surface area contributed by atoms with Crippen LogP contribution in [0.1, 0.15) is 0 Å². The first-order chi connectivity index (χ1) is 4.73. The zero-order valence-corrected chi connectivity index (χ0v) is 5.86. The molecule has 1 aromatic heterocycles. The molecule has 0 unspecified atom stereocenters. The normalized spacial score (nSPS) is 8.30. The number of hydrogen-bond donors (Lipinski definition) is 2. The zero-order valence-electron chi connectivity index (χ0n) is 5.04. The van der Waals surface area contributed by atoms with Crippen molar-refractivity contribution in [3.63, 3.8) is 0 Å². The quantitative estimate of drug-likeness (QED) is 0.551. The Kier molecular flexibility index (Phi) is 5.85. The van der Waals surface area contributed by atoms with Crippen LogP contribution in [0.4, 0.5) is 0 Å². The van der Waals surface area contributed by atoms with E-state index in [-0.39, 0.29) is 0 Å². The van der Waals surface area contributed by atoms with Crippen LogP contribution in [-0.2, 0) is 11.4 Å². The van der Waals surface area contributed by atoms with Crippen LogP contribution in [-0.4, -0.2) is 18.3 Å². The lowest BCUT2D eigenvalue weighted by Gasteiger charge is -1.70. The smallest absolute Gasteiger partial charge is 0.284 e. The Morgan fingerprint density at radius 3 is 1.60 bits per heavy atom. The van der Waals surface area contributed by atoms with Gasteiger partial charge in [0, 0.05) is 12.4 Å². The third-order valence-corrected chi connectivity index (χ3v) is 0.566. The molecule has 0 saturated carbocycles. The molecule has 0 bridgehead atoms. The van der Waals surface area contributed by atoms with Gasteiger partial charge in [-0.15, -0.1) is 0 Å². The predicted molar refractivity (Wildman–Crippen MR) is 37.6 cm³/mol. The van der Waals surface area contributed by atoms with Gasteiger partial charge in [0.25, 0.3) is 11.4 Å². The topological polar surface area (TPSA) is 70.4 Å². The van der Waals surface area contributed by atoms with Gasteiger partial charge < -0.3 is 0 Å². The van der Waals surface area contributed by atoms with Gasteiger partial charge in [-0.3, -0.25) is 14.1 Å². The Labute approximate surface area is 61.0 Å². The molecule has 2 N–H and O–H groups in total. The van der Waals surface area contributed by atoms with E-state index in [0.717, 1.165) is 0 Å². The van der Waals surface area contributed by atoms with Gasteiger partial charge in [-0.05, 0) is 12.1 Å². The third kappa shape index (κ3) is 10.3.